The second kappa shape index (κ2) is 10.1. The van der Waals surface area contributed by atoms with E-state index >= 15 is 0 Å². The number of methoxy groups -OCH3 is 2. The molecule has 2 aromatic carbocycles. The van der Waals surface area contributed by atoms with E-state index in [9.17, 15) is 13.2 Å². The number of amides is 1. The molecule has 178 valence electrons. The number of carbonyl (C=O) groups excluding carboxylic acids is 1. The SMILES string of the molecule is COc1ccc(C2CCCN2CC(=O)Nc2cccc(S(=O)(=O)N3CCCC3)c2)c(OC)c1. The van der Waals surface area contributed by atoms with Crippen LogP contribution in [0.1, 0.15) is 37.3 Å². The molecule has 2 aliphatic rings. The van der Waals surface area contributed by atoms with E-state index in [1.54, 1.807) is 38.5 Å². The lowest BCUT2D eigenvalue weighted by Crippen LogP contribution is -2.33. The Bertz CT molecular complexity index is 1100. The van der Waals surface area contributed by atoms with E-state index < -0.39 is 10.0 Å². The molecule has 0 spiro atoms. The fourth-order valence-electron chi connectivity index (χ4n) is 4.66. The second-order valence-corrected chi connectivity index (χ2v) is 10.4. The second-order valence-electron chi connectivity index (χ2n) is 8.42. The number of sulfonamides is 1. The number of likely N-dealkylation sites (tertiary alicyclic amines) is 1. The summed E-state index contributed by atoms with van der Waals surface area (Å²) in [4.78, 5) is 15.2. The lowest BCUT2D eigenvalue weighted by atomic mass is 10.0. The number of ether oxygens (including phenoxy) is 2. The highest BCUT2D eigenvalue weighted by Gasteiger charge is 2.30. The van der Waals surface area contributed by atoms with Crippen molar-refractivity contribution in [3.63, 3.8) is 0 Å². The van der Waals surface area contributed by atoms with Gasteiger partial charge in [0.2, 0.25) is 15.9 Å². The number of carbonyl (C=O) groups is 1. The Labute approximate surface area is 195 Å². The van der Waals surface area contributed by atoms with Gasteiger partial charge < -0.3 is 14.8 Å². The summed E-state index contributed by atoms with van der Waals surface area (Å²) in [5, 5.41) is 2.88. The molecule has 1 unspecified atom stereocenters. The molecule has 0 saturated carbocycles. The molecule has 33 heavy (non-hydrogen) atoms. The molecule has 8 nitrogen and oxygen atoms in total. The third-order valence-electron chi connectivity index (χ3n) is 6.33. The highest BCUT2D eigenvalue weighted by Crippen LogP contribution is 2.38. The summed E-state index contributed by atoms with van der Waals surface area (Å²) in [6.45, 7) is 2.10. The molecule has 2 saturated heterocycles. The van der Waals surface area contributed by atoms with Crippen molar-refractivity contribution in [3.05, 3.63) is 48.0 Å². The van der Waals surface area contributed by atoms with Gasteiger partial charge in [-0.3, -0.25) is 9.69 Å². The van der Waals surface area contributed by atoms with Crippen molar-refractivity contribution < 1.29 is 22.7 Å². The Morgan fingerprint density at radius 1 is 1.03 bits per heavy atom. The number of nitrogens with one attached hydrogen (secondary N) is 1. The van der Waals surface area contributed by atoms with Gasteiger partial charge in [-0.15, -0.1) is 0 Å². The number of anilines is 1. The molecule has 0 bridgehead atoms. The monoisotopic (exact) mass is 473 g/mol. The van der Waals surface area contributed by atoms with Crippen LogP contribution < -0.4 is 14.8 Å². The van der Waals surface area contributed by atoms with Crippen LogP contribution in [0.4, 0.5) is 5.69 Å². The molecule has 4 rings (SSSR count). The first-order chi connectivity index (χ1) is 15.9. The van der Waals surface area contributed by atoms with E-state index in [-0.39, 0.29) is 23.4 Å². The number of hydrogen-bond donors (Lipinski definition) is 1. The van der Waals surface area contributed by atoms with Crippen molar-refractivity contribution in [2.75, 3.05) is 45.7 Å². The van der Waals surface area contributed by atoms with Crippen molar-refractivity contribution in [1.29, 1.82) is 0 Å². The highest BCUT2D eigenvalue weighted by molar-refractivity contribution is 7.89. The van der Waals surface area contributed by atoms with E-state index in [2.05, 4.69) is 10.2 Å². The Morgan fingerprint density at radius 2 is 1.82 bits per heavy atom. The summed E-state index contributed by atoms with van der Waals surface area (Å²) in [5.41, 5.74) is 1.51. The molecule has 1 atom stereocenters. The van der Waals surface area contributed by atoms with E-state index in [1.165, 1.54) is 4.31 Å². The quantitative estimate of drug-likeness (QED) is 0.633. The third-order valence-corrected chi connectivity index (χ3v) is 8.23. The Kier molecular flexibility index (Phi) is 7.21. The van der Waals surface area contributed by atoms with Crippen LogP contribution in [0.2, 0.25) is 0 Å². The highest BCUT2D eigenvalue weighted by atomic mass is 32.2. The maximum Gasteiger partial charge on any atom is 0.243 e. The summed E-state index contributed by atoms with van der Waals surface area (Å²) >= 11 is 0. The van der Waals surface area contributed by atoms with Gasteiger partial charge in [0.05, 0.1) is 25.7 Å². The minimum Gasteiger partial charge on any atom is -0.497 e. The fraction of sp³-hybridized carbons (Fsp3) is 0.458. The minimum atomic E-state index is -3.53. The standard InChI is InChI=1S/C24H31N3O5S/c1-31-19-10-11-21(23(16-19)32-2)22-9-6-12-26(22)17-24(28)25-18-7-5-8-20(15-18)33(29,30)27-13-3-4-14-27/h5,7-8,10-11,15-16,22H,3-4,6,9,12-14,17H2,1-2H3,(H,25,28). The van der Waals surface area contributed by atoms with Crippen LogP contribution in [0.25, 0.3) is 0 Å². The van der Waals surface area contributed by atoms with Crippen LogP contribution in [0.5, 0.6) is 11.5 Å². The summed E-state index contributed by atoms with van der Waals surface area (Å²) in [5.74, 6) is 1.29. The molecule has 2 fully saturated rings. The summed E-state index contributed by atoms with van der Waals surface area (Å²) in [6.07, 6.45) is 3.67. The van der Waals surface area contributed by atoms with Gasteiger partial charge in [-0.05, 0) is 56.5 Å². The van der Waals surface area contributed by atoms with E-state index in [0.717, 1.165) is 49.3 Å². The van der Waals surface area contributed by atoms with Crippen molar-refractivity contribution in [1.82, 2.24) is 9.21 Å². The summed E-state index contributed by atoms with van der Waals surface area (Å²) < 4.78 is 38.1. The van der Waals surface area contributed by atoms with E-state index in [1.807, 2.05) is 18.2 Å². The molecule has 1 N–H and O–H groups in total. The van der Waals surface area contributed by atoms with Gasteiger partial charge in [-0.2, -0.15) is 4.31 Å². The molecular weight excluding hydrogens is 442 g/mol. The first kappa shape index (κ1) is 23.5. The van der Waals surface area contributed by atoms with Gasteiger partial charge in [0.15, 0.2) is 0 Å². The lowest BCUT2D eigenvalue weighted by molar-refractivity contribution is -0.117. The van der Waals surface area contributed by atoms with Crippen molar-refractivity contribution in [3.8, 4) is 11.5 Å². The normalized spacial score (nSPS) is 19.5. The number of nitrogens with zero attached hydrogens (tertiary/aromatic N) is 2. The zero-order valence-electron chi connectivity index (χ0n) is 19.1. The van der Waals surface area contributed by atoms with Crippen molar-refractivity contribution >= 4 is 21.6 Å². The Morgan fingerprint density at radius 3 is 2.55 bits per heavy atom. The largest absolute Gasteiger partial charge is 0.497 e. The van der Waals surface area contributed by atoms with Crippen molar-refractivity contribution in [2.45, 2.75) is 36.6 Å². The predicted molar refractivity (Wildman–Crippen MR) is 126 cm³/mol. The smallest absolute Gasteiger partial charge is 0.243 e. The molecule has 1 amide bonds. The van der Waals surface area contributed by atoms with Gasteiger partial charge >= 0.3 is 0 Å². The topological polar surface area (TPSA) is 88.2 Å². The first-order valence-corrected chi connectivity index (χ1v) is 12.7. The number of hydrogen-bond acceptors (Lipinski definition) is 6. The van der Waals surface area contributed by atoms with E-state index in [4.69, 9.17) is 9.47 Å². The summed E-state index contributed by atoms with van der Waals surface area (Å²) in [6, 6.07) is 12.3. The maximum absolute atomic E-state index is 12.9. The molecule has 2 heterocycles. The van der Waals surface area contributed by atoms with Crippen LogP contribution in [0.3, 0.4) is 0 Å². The van der Waals surface area contributed by atoms with Crippen LogP contribution in [0, 0.1) is 0 Å². The molecule has 2 aromatic rings. The zero-order valence-corrected chi connectivity index (χ0v) is 19.9. The molecule has 9 heteroatoms. The average Bonchev–Trinajstić information content (AvgIpc) is 3.51. The summed E-state index contributed by atoms with van der Waals surface area (Å²) in [7, 11) is -0.281. The molecule has 2 aliphatic heterocycles. The van der Waals surface area contributed by atoms with Crippen molar-refractivity contribution in [2.24, 2.45) is 0 Å². The first-order valence-electron chi connectivity index (χ1n) is 11.3. The third kappa shape index (κ3) is 5.15. The lowest BCUT2D eigenvalue weighted by Gasteiger charge is -2.26. The van der Waals surface area contributed by atoms with Gasteiger partial charge in [0, 0.05) is 36.4 Å². The van der Waals surface area contributed by atoms with Gasteiger partial charge in [0.1, 0.15) is 11.5 Å². The zero-order chi connectivity index (χ0) is 23.4. The number of benzene rings is 2. The Hall–Kier alpha value is -2.62. The molecule has 0 radical (unpaired) electrons. The average molecular weight is 474 g/mol. The fourth-order valence-corrected chi connectivity index (χ4v) is 6.22. The molecular formula is C24H31N3O5S. The molecule has 0 aromatic heterocycles. The van der Waals surface area contributed by atoms with Gasteiger partial charge in [-0.25, -0.2) is 8.42 Å². The van der Waals surface area contributed by atoms with Crippen LogP contribution >= 0.6 is 0 Å². The van der Waals surface area contributed by atoms with Crippen LogP contribution in [-0.2, 0) is 14.8 Å². The maximum atomic E-state index is 12.9. The molecule has 0 aliphatic carbocycles. The van der Waals surface area contributed by atoms with Gasteiger partial charge in [-0.1, -0.05) is 12.1 Å². The van der Waals surface area contributed by atoms with Gasteiger partial charge in [0.25, 0.3) is 0 Å². The van der Waals surface area contributed by atoms with E-state index in [0.29, 0.717) is 18.8 Å². The van der Waals surface area contributed by atoms with Crippen LogP contribution in [-0.4, -0.2) is 63.9 Å². The minimum absolute atomic E-state index is 0.0680. The Balaban J connectivity index is 1.45. The predicted octanol–water partition coefficient (Wildman–Crippen LogP) is 3.26. The number of rotatable bonds is 8. The van der Waals surface area contributed by atoms with Crippen LogP contribution in [0.15, 0.2) is 47.4 Å².